The number of hydrogen-bond donors (Lipinski definition) is 0. The molecule has 0 spiro atoms. The summed E-state index contributed by atoms with van der Waals surface area (Å²) in [5.74, 6) is -0.405. The highest BCUT2D eigenvalue weighted by Gasteiger charge is 2.26. The van der Waals surface area contributed by atoms with Crippen molar-refractivity contribution in [3.63, 3.8) is 0 Å². The molecule has 27 heavy (non-hydrogen) atoms. The van der Waals surface area contributed by atoms with Crippen LogP contribution in [0.2, 0.25) is 0 Å². The number of carbonyl (C=O) groups is 2. The number of fused-ring (bicyclic) bond motifs is 1. The number of carbonyl (C=O) groups excluding carboxylic acids is 2. The number of rotatable bonds is 2. The van der Waals surface area contributed by atoms with E-state index in [-0.39, 0.29) is 24.2 Å². The van der Waals surface area contributed by atoms with E-state index in [1.54, 1.807) is 26.5 Å². The van der Waals surface area contributed by atoms with E-state index < -0.39 is 5.60 Å². The minimum atomic E-state index is -0.540. The molecule has 1 fully saturated rings. The molecule has 3 heterocycles. The Bertz CT molecular complexity index is 843. The summed E-state index contributed by atoms with van der Waals surface area (Å²) in [4.78, 5) is 32.6. The summed E-state index contributed by atoms with van der Waals surface area (Å²) < 4.78 is 20.3. The fourth-order valence-electron chi connectivity index (χ4n) is 3.05. The molecule has 146 valence electrons. The molecular weight excluding hydrogens is 351 g/mol. The van der Waals surface area contributed by atoms with Crippen LogP contribution in [0, 0.1) is 5.82 Å². The number of imidazole rings is 1. The van der Waals surface area contributed by atoms with Gasteiger partial charge in [-0.2, -0.15) is 0 Å². The lowest BCUT2D eigenvalue weighted by molar-refractivity contribution is -0.130. The van der Waals surface area contributed by atoms with E-state index in [2.05, 4.69) is 4.98 Å². The maximum atomic E-state index is 13.3. The van der Waals surface area contributed by atoms with E-state index in [9.17, 15) is 14.0 Å². The largest absolute Gasteiger partial charge is 0.444 e. The van der Waals surface area contributed by atoms with E-state index in [0.29, 0.717) is 43.9 Å². The van der Waals surface area contributed by atoms with E-state index in [1.807, 2.05) is 20.8 Å². The number of aromatic nitrogens is 2. The monoisotopic (exact) mass is 376 g/mol. The third kappa shape index (κ3) is 4.96. The van der Waals surface area contributed by atoms with Crippen molar-refractivity contribution in [1.29, 1.82) is 0 Å². The van der Waals surface area contributed by atoms with Crippen LogP contribution in [0.25, 0.3) is 5.65 Å². The average Bonchev–Trinajstić information content (AvgIpc) is 2.78. The Kier molecular flexibility index (Phi) is 5.34. The van der Waals surface area contributed by atoms with Crippen LogP contribution in [0.15, 0.2) is 24.5 Å². The highest BCUT2D eigenvalue weighted by Crippen LogP contribution is 2.13. The van der Waals surface area contributed by atoms with E-state index in [1.165, 1.54) is 12.3 Å². The third-order valence-corrected chi connectivity index (χ3v) is 4.30. The van der Waals surface area contributed by atoms with Crippen molar-refractivity contribution in [1.82, 2.24) is 19.2 Å². The summed E-state index contributed by atoms with van der Waals surface area (Å²) >= 11 is 0. The van der Waals surface area contributed by atoms with Gasteiger partial charge in [0, 0.05) is 38.6 Å². The van der Waals surface area contributed by atoms with E-state index >= 15 is 0 Å². The van der Waals surface area contributed by atoms with Crippen molar-refractivity contribution in [3.05, 3.63) is 36.0 Å². The summed E-state index contributed by atoms with van der Waals surface area (Å²) in [6, 6.07) is 2.92. The van der Waals surface area contributed by atoms with Gasteiger partial charge in [-0.25, -0.2) is 14.2 Å². The number of nitrogens with zero attached hydrogens (tertiary/aromatic N) is 4. The number of pyridine rings is 1. The predicted molar refractivity (Wildman–Crippen MR) is 97.9 cm³/mol. The molecule has 2 amide bonds. The molecule has 8 heteroatoms. The zero-order chi connectivity index (χ0) is 19.6. The third-order valence-electron chi connectivity index (χ3n) is 4.30. The van der Waals surface area contributed by atoms with Gasteiger partial charge >= 0.3 is 6.09 Å². The number of halogens is 1. The minimum absolute atomic E-state index is 0.0510. The summed E-state index contributed by atoms with van der Waals surface area (Å²) in [5, 5.41) is 0. The van der Waals surface area contributed by atoms with Crippen molar-refractivity contribution < 1.29 is 18.7 Å². The Morgan fingerprint density at radius 1 is 1.11 bits per heavy atom. The zero-order valence-corrected chi connectivity index (χ0v) is 15.9. The van der Waals surface area contributed by atoms with Crippen molar-refractivity contribution in [3.8, 4) is 0 Å². The lowest BCUT2D eigenvalue weighted by atomic mass is 10.2. The molecule has 7 nitrogen and oxygen atoms in total. The first kappa shape index (κ1) is 19.1. The molecule has 0 radical (unpaired) electrons. The van der Waals surface area contributed by atoms with Crippen LogP contribution < -0.4 is 0 Å². The van der Waals surface area contributed by atoms with Gasteiger partial charge in [0.15, 0.2) is 0 Å². The van der Waals surface area contributed by atoms with Gasteiger partial charge in [0.25, 0.3) is 0 Å². The van der Waals surface area contributed by atoms with E-state index in [4.69, 9.17) is 4.74 Å². The van der Waals surface area contributed by atoms with E-state index in [0.717, 1.165) is 0 Å². The zero-order valence-electron chi connectivity index (χ0n) is 15.9. The molecule has 3 rings (SSSR count). The molecule has 2 aromatic rings. The topological polar surface area (TPSA) is 67.2 Å². The van der Waals surface area contributed by atoms with Gasteiger partial charge < -0.3 is 18.9 Å². The normalized spacial score (nSPS) is 15.7. The second-order valence-corrected chi connectivity index (χ2v) is 7.72. The maximum absolute atomic E-state index is 13.3. The van der Waals surface area contributed by atoms with Crippen LogP contribution in [-0.2, 0) is 16.0 Å². The predicted octanol–water partition coefficient (Wildman–Crippen LogP) is 2.49. The number of hydrogen-bond acceptors (Lipinski definition) is 4. The molecule has 0 bridgehead atoms. The molecule has 0 N–H and O–H groups in total. The second kappa shape index (κ2) is 7.54. The second-order valence-electron chi connectivity index (χ2n) is 7.72. The van der Waals surface area contributed by atoms with Crippen LogP contribution in [0.5, 0.6) is 0 Å². The van der Waals surface area contributed by atoms with Crippen molar-refractivity contribution >= 4 is 17.6 Å². The Labute approximate surface area is 157 Å². The molecule has 0 unspecified atom stereocenters. The maximum Gasteiger partial charge on any atom is 0.410 e. The molecule has 0 saturated carbocycles. The Morgan fingerprint density at radius 2 is 1.81 bits per heavy atom. The lowest BCUT2D eigenvalue weighted by Gasteiger charge is -2.26. The van der Waals surface area contributed by atoms with Gasteiger partial charge in [-0.15, -0.1) is 0 Å². The highest BCUT2D eigenvalue weighted by atomic mass is 19.1. The van der Waals surface area contributed by atoms with Crippen LogP contribution in [0.3, 0.4) is 0 Å². The molecule has 0 aromatic carbocycles. The number of amides is 2. The SMILES string of the molecule is CC(C)(C)OC(=O)N1CCCN(C(=O)Cc2cn3cc(F)ccc3n2)CC1. The highest BCUT2D eigenvalue weighted by molar-refractivity contribution is 5.78. The Hall–Kier alpha value is -2.64. The quantitative estimate of drug-likeness (QED) is 0.808. The fourth-order valence-corrected chi connectivity index (χ4v) is 3.05. The van der Waals surface area contributed by atoms with Gasteiger partial charge in [-0.1, -0.05) is 0 Å². The molecule has 0 atom stereocenters. The van der Waals surface area contributed by atoms with Gasteiger partial charge in [0.05, 0.1) is 12.1 Å². The van der Waals surface area contributed by atoms with Gasteiger partial charge in [0.1, 0.15) is 17.1 Å². The molecule has 1 saturated heterocycles. The van der Waals surface area contributed by atoms with Crippen LogP contribution in [-0.4, -0.2) is 63.0 Å². The summed E-state index contributed by atoms with van der Waals surface area (Å²) in [6.45, 7) is 7.54. The van der Waals surface area contributed by atoms with Gasteiger partial charge in [0.2, 0.25) is 5.91 Å². The first-order valence-electron chi connectivity index (χ1n) is 9.10. The van der Waals surface area contributed by atoms with Gasteiger partial charge in [-0.3, -0.25) is 4.79 Å². The minimum Gasteiger partial charge on any atom is -0.444 e. The number of ether oxygens (including phenoxy) is 1. The van der Waals surface area contributed by atoms with Crippen molar-refractivity contribution in [2.45, 2.75) is 39.2 Å². The van der Waals surface area contributed by atoms with Crippen LogP contribution in [0.4, 0.5) is 9.18 Å². The van der Waals surface area contributed by atoms with Crippen molar-refractivity contribution in [2.24, 2.45) is 0 Å². The average molecular weight is 376 g/mol. The first-order chi connectivity index (χ1) is 12.7. The molecule has 1 aliphatic rings. The van der Waals surface area contributed by atoms with Crippen LogP contribution >= 0.6 is 0 Å². The standard InChI is InChI=1S/C19H25FN4O3/c1-19(2,3)27-18(26)23-8-4-7-22(9-10-23)17(25)11-15-13-24-12-14(20)5-6-16(24)21-15/h5-6,12-13H,4,7-11H2,1-3H3. The Morgan fingerprint density at radius 3 is 2.56 bits per heavy atom. The summed E-state index contributed by atoms with van der Waals surface area (Å²) in [5.41, 5.74) is 0.659. The molecule has 2 aromatic heterocycles. The van der Waals surface area contributed by atoms with Crippen molar-refractivity contribution in [2.75, 3.05) is 26.2 Å². The molecule has 1 aliphatic heterocycles. The molecule has 0 aliphatic carbocycles. The molecular formula is C19H25FN4O3. The fraction of sp³-hybridized carbons (Fsp3) is 0.526. The van der Waals surface area contributed by atoms with Gasteiger partial charge in [-0.05, 0) is 39.3 Å². The summed E-state index contributed by atoms with van der Waals surface area (Å²) in [6.07, 6.45) is 3.50. The lowest BCUT2D eigenvalue weighted by Crippen LogP contribution is -2.40. The Balaban J connectivity index is 1.59. The first-order valence-corrected chi connectivity index (χ1v) is 9.10. The summed E-state index contributed by atoms with van der Waals surface area (Å²) in [7, 11) is 0. The van der Waals surface area contributed by atoms with Crippen LogP contribution in [0.1, 0.15) is 32.9 Å². The smallest absolute Gasteiger partial charge is 0.410 e.